The quantitative estimate of drug-likeness (QED) is 0.575. The van der Waals surface area contributed by atoms with Crippen molar-refractivity contribution in [1.82, 2.24) is 9.55 Å². The second kappa shape index (κ2) is 9.99. The maximum Gasteiger partial charge on any atom is 0.414 e. The zero-order valence-electron chi connectivity index (χ0n) is 19.1. The number of nitrogens with zero attached hydrogens (tertiary/aromatic N) is 3. The Balaban J connectivity index is 1.56. The first kappa shape index (κ1) is 23.2. The van der Waals surface area contributed by atoms with Gasteiger partial charge in [0.05, 0.1) is 30.3 Å². The molecule has 0 saturated carbocycles. The highest BCUT2D eigenvalue weighted by molar-refractivity contribution is 5.95. The van der Waals surface area contributed by atoms with Gasteiger partial charge in [0.2, 0.25) is 5.62 Å². The highest BCUT2D eigenvalue weighted by atomic mass is 19.3. The van der Waals surface area contributed by atoms with Crippen molar-refractivity contribution in [3.8, 4) is 0 Å². The fraction of sp³-hybridized carbons (Fsp3) is 0.400. The molecule has 0 spiro atoms. The van der Waals surface area contributed by atoms with Gasteiger partial charge in [0.1, 0.15) is 0 Å². The van der Waals surface area contributed by atoms with Gasteiger partial charge in [-0.3, -0.25) is 9.69 Å². The number of carbonyl (C=O) groups excluding carboxylic acids is 2. The molecule has 0 bridgehead atoms. The zero-order valence-corrected chi connectivity index (χ0v) is 19.1. The van der Waals surface area contributed by atoms with Crippen LogP contribution in [0.2, 0.25) is 0 Å². The molecule has 2 saturated heterocycles. The molecule has 5 rings (SSSR count). The van der Waals surface area contributed by atoms with Gasteiger partial charge in [-0.2, -0.15) is 4.99 Å². The minimum atomic E-state index is -2.68. The van der Waals surface area contributed by atoms with E-state index in [-0.39, 0.29) is 17.2 Å². The average Bonchev–Trinajstić information content (AvgIpc) is 3.20. The maximum absolute atomic E-state index is 13.1. The highest BCUT2D eigenvalue weighted by Gasteiger charge is 2.23. The Kier molecular flexibility index (Phi) is 6.63. The van der Waals surface area contributed by atoms with Crippen LogP contribution < -0.4 is 10.5 Å². The highest BCUT2D eigenvalue weighted by Crippen LogP contribution is 2.24. The van der Waals surface area contributed by atoms with Crippen LogP contribution in [0.5, 0.6) is 0 Å². The summed E-state index contributed by atoms with van der Waals surface area (Å²) in [6.07, 6.45) is 0.590. The maximum atomic E-state index is 13.1. The fourth-order valence-corrected chi connectivity index (χ4v) is 4.51. The molecule has 184 valence electrons. The van der Waals surface area contributed by atoms with E-state index in [4.69, 9.17) is 9.47 Å². The number of H-pyrrole nitrogens is 1. The molecule has 3 aromatic rings. The number of halogens is 2. The van der Waals surface area contributed by atoms with Crippen molar-refractivity contribution in [2.24, 2.45) is 4.99 Å². The van der Waals surface area contributed by atoms with E-state index < -0.39 is 18.4 Å². The Bertz CT molecular complexity index is 1310. The Morgan fingerprint density at radius 1 is 1.14 bits per heavy atom. The molecular formula is C25H26F2N4O4. The molecule has 3 heterocycles. The fourth-order valence-electron chi connectivity index (χ4n) is 4.51. The Labute approximate surface area is 200 Å². The number of hydrogen-bond acceptors (Lipinski definition) is 4. The Morgan fingerprint density at radius 3 is 2.80 bits per heavy atom. The van der Waals surface area contributed by atoms with Gasteiger partial charge in [0.25, 0.3) is 12.3 Å². The van der Waals surface area contributed by atoms with E-state index in [1.165, 1.54) is 18.2 Å². The molecule has 2 aliphatic rings. The van der Waals surface area contributed by atoms with E-state index in [9.17, 15) is 18.4 Å². The number of anilines is 1. The van der Waals surface area contributed by atoms with Gasteiger partial charge in [0.15, 0.2) is 0 Å². The molecule has 2 fully saturated rings. The number of rotatable bonds is 5. The number of nitrogens with one attached hydrogen (secondary N) is 1. The number of imidazole rings is 1. The van der Waals surface area contributed by atoms with Crippen LogP contribution in [-0.2, 0) is 16.0 Å². The number of alkyl halides is 2. The number of fused-ring (bicyclic) bond motifs is 1. The summed E-state index contributed by atoms with van der Waals surface area (Å²) in [7, 11) is 0. The number of benzene rings is 2. The SMILES string of the molecule is O=C(/N=c1\[nH]c2cc(N3CCCOC3=O)ccc2n1CC1CCCCO1)c1cccc(C(F)F)c1. The summed E-state index contributed by atoms with van der Waals surface area (Å²) in [4.78, 5) is 34.1. The predicted octanol–water partition coefficient (Wildman–Crippen LogP) is 4.56. The lowest BCUT2D eigenvalue weighted by molar-refractivity contribution is 0.00598. The molecule has 35 heavy (non-hydrogen) atoms. The molecule has 2 aromatic carbocycles. The molecule has 10 heteroatoms. The third-order valence-electron chi connectivity index (χ3n) is 6.31. The third-order valence-corrected chi connectivity index (χ3v) is 6.31. The van der Waals surface area contributed by atoms with E-state index in [0.717, 1.165) is 37.3 Å². The van der Waals surface area contributed by atoms with Crippen LogP contribution in [0.4, 0.5) is 19.3 Å². The van der Waals surface area contributed by atoms with E-state index in [1.807, 2.05) is 22.8 Å². The van der Waals surface area contributed by atoms with Crippen molar-refractivity contribution < 1.29 is 27.8 Å². The van der Waals surface area contributed by atoms with Gasteiger partial charge in [-0.05, 0) is 56.0 Å². The van der Waals surface area contributed by atoms with Crippen molar-refractivity contribution >= 4 is 28.7 Å². The van der Waals surface area contributed by atoms with Crippen molar-refractivity contribution in [2.45, 2.75) is 44.8 Å². The van der Waals surface area contributed by atoms with Crippen LogP contribution >= 0.6 is 0 Å². The number of aromatic nitrogens is 2. The molecule has 0 radical (unpaired) electrons. The van der Waals surface area contributed by atoms with E-state index >= 15 is 0 Å². The van der Waals surface area contributed by atoms with Crippen LogP contribution in [0.3, 0.4) is 0 Å². The lowest BCUT2D eigenvalue weighted by Gasteiger charge is -2.26. The predicted molar refractivity (Wildman–Crippen MR) is 124 cm³/mol. The number of carbonyl (C=O) groups is 2. The van der Waals surface area contributed by atoms with Crippen LogP contribution in [0.1, 0.15) is 48.0 Å². The normalized spacial score (nSPS) is 19.4. The van der Waals surface area contributed by atoms with Crippen LogP contribution in [0.25, 0.3) is 11.0 Å². The third kappa shape index (κ3) is 4.97. The van der Waals surface area contributed by atoms with Gasteiger partial charge in [-0.25, -0.2) is 13.6 Å². The summed E-state index contributed by atoms with van der Waals surface area (Å²) in [5, 5.41) is 0. The Hall–Kier alpha value is -3.53. The lowest BCUT2D eigenvalue weighted by atomic mass is 10.1. The number of amides is 2. The molecule has 1 N–H and O–H groups in total. The number of ether oxygens (including phenoxy) is 2. The minimum Gasteiger partial charge on any atom is -0.449 e. The molecule has 1 atom stereocenters. The number of aromatic amines is 1. The van der Waals surface area contributed by atoms with Gasteiger partial charge >= 0.3 is 6.09 Å². The van der Waals surface area contributed by atoms with Crippen molar-refractivity contribution in [2.75, 3.05) is 24.7 Å². The summed E-state index contributed by atoms with van der Waals surface area (Å²) in [6, 6.07) is 10.8. The zero-order chi connectivity index (χ0) is 24.4. The summed E-state index contributed by atoms with van der Waals surface area (Å²) in [5.41, 5.74) is 2.29. The number of hydrogen-bond donors (Lipinski definition) is 1. The molecule has 2 amide bonds. The van der Waals surface area contributed by atoms with Crippen LogP contribution in [-0.4, -0.2) is 47.4 Å². The molecule has 2 aliphatic heterocycles. The largest absolute Gasteiger partial charge is 0.449 e. The first-order valence-electron chi connectivity index (χ1n) is 11.8. The van der Waals surface area contributed by atoms with Crippen LogP contribution in [0, 0.1) is 0 Å². The van der Waals surface area contributed by atoms with Gasteiger partial charge in [-0.1, -0.05) is 12.1 Å². The van der Waals surface area contributed by atoms with E-state index in [0.29, 0.717) is 43.1 Å². The second-order valence-corrected chi connectivity index (χ2v) is 8.71. The standard InChI is InChI=1S/C25H26F2N4O4/c26-22(27)16-5-3-6-17(13-16)23(32)29-24-28-20-14-18(30-10-4-12-35-25(30)33)8-9-21(20)31(24)15-19-7-1-2-11-34-19/h3,5-6,8-9,13-14,19,22H,1-2,4,7,10-12,15H2,(H,28,29,32). The molecule has 8 nitrogen and oxygen atoms in total. The molecule has 0 aliphatic carbocycles. The summed E-state index contributed by atoms with van der Waals surface area (Å²) in [5.74, 6) is -0.628. The smallest absolute Gasteiger partial charge is 0.414 e. The van der Waals surface area contributed by atoms with Crippen LogP contribution in [0.15, 0.2) is 47.5 Å². The van der Waals surface area contributed by atoms with E-state index in [1.54, 1.807) is 4.90 Å². The molecule has 1 unspecified atom stereocenters. The first-order valence-corrected chi connectivity index (χ1v) is 11.8. The van der Waals surface area contributed by atoms with Crippen molar-refractivity contribution in [3.05, 3.63) is 59.2 Å². The summed E-state index contributed by atoms with van der Waals surface area (Å²) < 4.78 is 39.2. The first-order chi connectivity index (χ1) is 17.0. The van der Waals surface area contributed by atoms with Gasteiger partial charge < -0.3 is 19.0 Å². The second-order valence-electron chi connectivity index (χ2n) is 8.71. The minimum absolute atomic E-state index is 0.0317. The summed E-state index contributed by atoms with van der Waals surface area (Å²) in [6.45, 7) is 2.12. The molecule has 1 aromatic heterocycles. The molecular weight excluding hydrogens is 458 g/mol. The average molecular weight is 485 g/mol. The van der Waals surface area contributed by atoms with E-state index in [2.05, 4.69) is 9.98 Å². The van der Waals surface area contributed by atoms with Gasteiger partial charge in [0, 0.05) is 30.0 Å². The van der Waals surface area contributed by atoms with Crippen molar-refractivity contribution in [1.29, 1.82) is 0 Å². The van der Waals surface area contributed by atoms with Gasteiger partial charge in [-0.15, -0.1) is 0 Å². The lowest BCUT2D eigenvalue weighted by Crippen LogP contribution is -2.37. The Morgan fingerprint density at radius 2 is 2.03 bits per heavy atom. The topological polar surface area (TPSA) is 88.9 Å². The number of cyclic esters (lactones) is 1. The summed E-state index contributed by atoms with van der Waals surface area (Å²) >= 11 is 0. The monoisotopic (exact) mass is 484 g/mol. The van der Waals surface area contributed by atoms with Crippen molar-refractivity contribution in [3.63, 3.8) is 0 Å².